The van der Waals surface area contributed by atoms with Crippen molar-refractivity contribution in [3.63, 3.8) is 0 Å². The zero-order chi connectivity index (χ0) is 19.4. The highest BCUT2D eigenvalue weighted by Crippen LogP contribution is 2.45. The predicted molar refractivity (Wildman–Crippen MR) is 109 cm³/mol. The molecule has 1 aliphatic carbocycles. The molecule has 2 aromatic rings. The van der Waals surface area contributed by atoms with E-state index in [1.807, 2.05) is 24.3 Å². The Morgan fingerprint density at radius 2 is 2.00 bits per heavy atom. The fourth-order valence-corrected chi connectivity index (χ4v) is 3.95. The van der Waals surface area contributed by atoms with E-state index in [9.17, 15) is 14.9 Å². The summed E-state index contributed by atoms with van der Waals surface area (Å²) in [4.78, 5) is 23.0. The van der Waals surface area contributed by atoms with Gasteiger partial charge in [0.05, 0.1) is 23.3 Å². The lowest BCUT2D eigenvalue weighted by Gasteiger charge is -2.18. The van der Waals surface area contributed by atoms with Crippen molar-refractivity contribution in [3.05, 3.63) is 68.2 Å². The standard InChI is InChI=1S/C19H19BrN2O4S/c1-26-17-7-2-13(10-16(17)22(24)25)11-27-12-18(23)21-19(8-9-19)14-3-5-15(20)6-4-14/h2-7,10H,8-9,11-12H2,1H3,(H,21,23). The second-order valence-electron chi connectivity index (χ2n) is 6.39. The molecular weight excluding hydrogens is 432 g/mol. The first-order valence-electron chi connectivity index (χ1n) is 8.40. The molecule has 0 unspecified atom stereocenters. The number of methoxy groups -OCH3 is 1. The molecule has 0 radical (unpaired) electrons. The number of nitrogens with one attached hydrogen (secondary N) is 1. The van der Waals surface area contributed by atoms with Gasteiger partial charge >= 0.3 is 5.69 Å². The van der Waals surface area contributed by atoms with Gasteiger partial charge in [0.15, 0.2) is 5.75 Å². The van der Waals surface area contributed by atoms with Crippen molar-refractivity contribution in [2.45, 2.75) is 24.1 Å². The zero-order valence-electron chi connectivity index (χ0n) is 14.7. The van der Waals surface area contributed by atoms with E-state index in [2.05, 4.69) is 21.2 Å². The van der Waals surface area contributed by atoms with E-state index in [-0.39, 0.29) is 22.9 Å². The molecule has 0 atom stereocenters. The number of nitro benzene ring substituents is 1. The zero-order valence-corrected chi connectivity index (χ0v) is 17.1. The minimum absolute atomic E-state index is 0.0246. The van der Waals surface area contributed by atoms with Crippen LogP contribution in [0.4, 0.5) is 5.69 Å². The SMILES string of the molecule is COc1ccc(CSCC(=O)NC2(c3ccc(Br)cc3)CC2)cc1[N+](=O)[O-]. The molecule has 0 saturated heterocycles. The Bertz CT molecular complexity index is 853. The molecule has 0 spiro atoms. The van der Waals surface area contributed by atoms with Gasteiger partial charge in [-0.1, -0.05) is 34.1 Å². The summed E-state index contributed by atoms with van der Waals surface area (Å²) in [6.07, 6.45) is 1.88. The Balaban J connectivity index is 1.54. The van der Waals surface area contributed by atoms with Crippen molar-refractivity contribution in [1.29, 1.82) is 0 Å². The summed E-state index contributed by atoms with van der Waals surface area (Å²) in [6, 6.07) is 12.9. The fraction of sp³-hybridized carbons (Fsp3) is 0.316. The molecule has 1 saturated carbocycles. The van der Waals surface area contributed by atoms with Crippen molar-refractivity contribution < 1.29 is 14.5 Å². The van der Waals surface area contributed by atoms with Crippen LogP contribution < -0.4 is 10.1 Å². The van der Waals surface area contributed by atoms with Crippen LogP contribution in [0.2, 0.25) is 0 Å². The summed E-state index contributed by atoms with van der Waals surface area (Å²) in [5.74, 6) is 1.03. The van der Waals surface area contributed by atoms with Crippen molar-refractivity contribution in [3.8, 4) is 5.75 Å². The molecule has 3 rings (SSSR count). The van der Waals surface area contributed by atoms with Gasteiger partial charge in [0, 0.05) is 16.3 Å². The number of rotatable bonds is 8. The van der Waals surface area contributed by atoms with Gasteiger partial charge in [-0.15, -0.1) is 11.8 Å². The minimum atomic E-state index is -0.464. The molecule has 27 heavy (non-hydrogen) atoms. The fourth-order valence-electron chi connectivity index (χ4n) is 2.91. The van der Waals surface area contributed by atoms with Gasteiger partial charge in [-0.05, 0) is 42.2 Å². The maximum Gasteiger partial charge on any atom is 0.311 e. The number of carbonyl (C=O) groups is 1. The van der Waals surface area contributed by atoms with Crippen LogP contribution in [0.5, 0.6) is 5.75 Å². The molecule has 2 aromatic carbocycles. The van der Waals surface area contributed by atoms with Crippen LogP contribution in [0.15, 0.2) is 46.9 Å². The first-order valence-corrected chi connectivity index (χ1v) is 10.3. The average molecular weight is 451 g/mol. The monoisotopic (exact) mass is 450 g/mol. The first kappa shape index (κ1) is 19.7. The van der Waals surface area contributed by atoms with E-state index < -0.39 is 4.92 Å². The summed E-state index contributed by atoms with van der Waals surface area (Å²) >= 11 is 4.85. The molecule has 0 aromatic heterocycles. The number of carbonyl (C=O) groups excluding carboxylic acids is 1. The van der Waals surface area contributed by atoms with E-state index >= 15 is 0 Å². The number of benzene rings is 2. The summed E-state index contributed by atoms with van der Waals surface area (Å²) in [5, 5.41) is 14.2. The van der Waals surface area contributed by atoms with E-state index in [4.69, 9.17) is 4.74 Å². The van der Waals surface area contributed by atoms with Crippen LogP contribution in [0.25, 0.3) is 0 Å². The van der Waals surface area contributed by atoms with Crippen molar-refractivity contribution in [1.82, 2.24) is 5.32 Å². The molecule has 6 nitrogen and oxygen atoms in total. The summed E-state index contributed by atoms with van der Waals surface area (Å²) in [7, 11) is 1.40. The summed E-state index contributed by atoms with van der Waals surface area (Å²) < 4.78 is 6.01. The Labute approximate surface area is 170 Å². The number of hydrogen-bond acceptors (Lipinski definition) is 5. The molecule has 1 fully saturated rings. The lowest BCUT2D eigenvalue weighted by molar-refractivity contribution is -0.385. The normalized spacial score (nSPS) is 14.4. The van der Waals surface area contributed by atoms with E-state index in [1.54, 1.807) is 12.1 Å². The maximum absolute atomic E-state index is 12.3. The quantitative estimate of drug-likeness (QED) is 0.475. The van der Waals surface area contributed by atoms with Crippen LogP contribution in [-0.2, 0) is 16.1 Å². The Kier molecular flexibility index (Phi) is 6.06. The second-order valence-corrected chi connectivity index (χ2v) is 8.29. The van der Waals surface area contributed by atoms with Gasteiger partial charge in [-0.25, -0.2) is 0 Å². The third kappa shape index (κ3) is 4.81. The molecule has 1 amide bonds. The van der Waals surface area contributed by atoms with Gasteiger partial charge in [-0.2, -0.15) is 0 Å². The average Bonchev–Trinajstić information content (AvgIpc) is 3.42. The third-order valence-corrected chi connectivity index (χ3v) is 6.00. The Hall–Kier alpha value is -2.06. The van der Waals surface area contributed by atoms with Crippen molar-refractivity contribution in [2.24, 2.45) is 0 Å². The van der Waals surface area contributed by atoms with Crippen LogP contribution >= 0.6 is 27.7 Å². The van der Waals surface area contributed by atoms with Crippen LogP contribution in [0.3, 0.4) is 0 Å². The second kappa shape index (κ2) is 8.31. The van der Waals surface area contributed by atoms with Crippen molar-refractivity contribution >= 4 is 39.3 Å². The van der Waals surface area contributed by atoms with Crippen LogP contribution in [-0.4, -0.2) is 23.7 Å². The number of hydrogen-bond donors (Lipinski definition) is 1. The highest BCUT2D eigenvalue weighted by molar-refractivity contribution is 9.10. The smallest absolute Gasteiger partial charge is 0.311 e. The van der Waals surface area contributed by atoms with E-state index in [0.29, 0.717) is 11.5 Å². The molecule has 0 heterocycles. The molecule has 0 aliphatic heterocycles. The number of thioether (sulfide) groups is 1. The number of amides is 1. The highest BCUT2D eigenvalue weighted by atomic mass is 79.9. The van der Waals surface area contributed by atoms with E-state index in [1.165, 1.54) is 24.9 Å². The van der Waals surface area contributed by atoms with Gasteiger partial charge < -0.3 is 10.1 Å². The van der Waals surface area contributed by atoms with Crippen LogP contribution in [0, 0.1) is 10.1 Å². The summed E-state index contributed by atoms with van der Waals surface area (Å²) in [6.45, 7) is 0. The van der Waals surface area contributed by atoms with Crippen LogP contribution in [0.1, 0.15) is 24.0 Å². The largest absolute Gasteiger partial charge is 0.490 e. The Morgan fingerprint density at radius 1 is 1.30 bits per heavy atom. The number of ether oxygens (including phenoxy) is 1. The molecule has 1 N–H and O–H groups in total. The maximum atomic E-state index is 12.3. The lowest BCUT2D eigenvalue weighted by Crippen LogP contribution is -2.36. The molecule has 8 heteroatoms. The molecule has 1 aliphatic rings. The first-order chi connectivity index (χ1) is 12.9. The molecule has 0 bridgehead atoms. The number of nitro groups is 1. The Morgan fingerprint density at radius 3 is 2.59 bits per heavy atom. The van der Waals surface area contributed by atoms with Gasteiger partial charge in [-0.3, -0.25) is 14.9 Å². The molecule has 142 valence electrons. The van der Waals surface area contributed by atoms with Gasteiger partial charge in [0.1, 0.15) is 0 Å². The van der Waals surface area contributed by atoms with Crippen molar-refractivity contribution in [2.75, 3.05) is 12.9 Å². The van der Waals surface area contributed by atoms with E-state index in [0.717, 1.165) is 28.4 Å². The van der Waals surface area contributed by atoms with Gasteiger partial charge in [0.25, 0.3) is 0 Å². The minimum Gasteiger partial charge on any atom is -0.490 e. The number of nitrogens with zero attached hydrogens (tertiary/aromatic N) is 1. The predicted octanol–water partition coefficient (Wildman–Crippen LogP) is 4.40. The third-order valence-electron chi connectivity index (χ3n) is 4.47. The topological polar surface area (TPSA) is 81.5 Å². The lowest BCUT2D eigenvalue weighted by atomic mass is 10.1. The van der Waals surface area contributed by atoms with Gasteiger partial charge in [0.2, 0.25) is 5.91 Å². The highest BCUT2D eigenvalue weighted by Gasteiger charge is 2.45. The summed E-state index contributed by atoms with van der Waals surface area (Å²) in [5.41, 5.74) is 1.61. The molecular formula is C19H19BrN2O4S. The number of halogens is 1.